The van der Waals surface area contributed by atoms with Crippen LogP contribution in [-0.2, 0) is 9.59 Å². The zero-order chi connectivity index (χ0) is 19.4. The van der Waals surface area contributed by atoms with E-state index in [4.69, 9.17) is 5.11 Å². The Morgan fingerprint density at radius 2 is 1.74 bits per heavy atom. The first kappa shape index (κ1) is 19.4. The average molecular weight is 374 g/mol. The number of amides is 2. The smallest absolute Gasteiger partial charge is 0.335 e. The number of rotatable bonds is 4. The third-order valence-corrected chi connectivity index (χ3v) is 5.63. The van der Waals surface area contributed by atoms with Crippen molar-refractivity contribution >= 4 is 23.5 Å². The summed E-state index contributed by atoms with van der Waals surface area (Å²) >= 11 is 0. The van der Waals surface area contributed by atoms with Crippen LogP contribution in [0, 0.1) is 5.92 Å². The van der Waals surface area contributed by atoms with E-state index < -0.39 is 11.6 Å². The van der Waals surface area contributed by atoms with E-state index in [1.54, 1.807) is 29.2 Å². The Morgan fingerprint density at radius 1 is 1.07 bits per heavy atom. The molecule has 1 heterocycles. The lowest BCUT2D eigenvalue weighted by Gasteiger charge is -2.35. The van der Waals surface area contributed by atoms with E-state index in [0.717, 1.165) is 25.7 Å². The minimum Gasteiger partial charge on any atom is -0.479 e. The number of hydrogen-bond donors (Lipinski definition) is 3. The van der Waals surface area contributed by atoms with Gasteiger partial charge in [0.15, 0.2) is 5.60 Å². The summed E-state index contributed by atoms with van der Waals surface area (Å²) in [7, 11) is 0. The Hall–Kier alpha value is -2.41. The van der Waals surface area contributed by atoms with Gasteiger partial charge in [0.25, 0.3) is 5.91 Å². The van der Waals surface area contributed by atoms with Crippen LogP contribution in [0.4, 0.5) is 5.69 Å². The second-order valence-corrected chi connectivity index (χ2v) is 7.53. The molecular formula is C20H26N2O5. The largest absolute Gasteiger partial charge is 0.479 e. The highest BCUT2D eigenvalue weighted by molar-refractivity contribution is 5.98. The molecule has 2 fully saturated rings. The summed E-state index contributed by atoms with van der Waals surface area (Å²) in [6.45, 7) is 0.362. The molecule has 1 saturated carbocycles. The summed E-state index contributed by atoms with van der Waals surface area (Å²) < 4.78 is 0. The molecule has 2 aliphatic rings. The van der Waals surface area contributed by atoms with Crippen LogP contribution in [0.25, 0.3) is 0 Å². The van der Waals surface area contributed by atoms with Crippen molar-refractivity contribution in [2.45, 2.75) is 50.5 Å². The summed E-state index contributed by atoms with van der Waals surface area (Å²) in [5.41, 5.74) is -0.722. The number of aliphatic carboxylic acids is 1. The molecule has 1 saturated heterocycles. The summed E-state index contributed by atoms with van der Waals surface area (Å²) in [4.78, 5) is 37.7. The lowest BCUT2D eigenvalue weighted by Crippen LogP contribution is -2.50. The van der Waals surface area contributed by atoms with Crippen LogP contribution in [0.5, 0.6) is 0 Å². The second kappa shape index (κ2) is 8.08. The van der Waals surface area contributed by atoms with Gasteiger partial charge in [0.1, 0.15) is 0 Å². The Morgan fingerprint density at radius 3 is 2.37 bits per heavy atom. The van der Waals surface area contributed by atoms with Crippen LogP contribution in [0.3, 0.4) is 0 Å². The van der Waals surface area contributed by atoms with Crippen molar-refractivity contribution in [1.82, 2.24) is 4.90 Å². The summed E-state index contributed by atoms with van der Waals surface area (Å²) in [6.07, 6.45) is 5.16. The fourth-order valence-electron chi connectivity index (χ4n) is 3.82. The molecule has 146 valence electrons. The molecule has 0 unspecified atom stereocenters. The number of likely N-dealkylation sites (tertiary alicyclic amines) is 1. The van der Waals surface area contributed by atoms with Crippen LogP contribution in [0.1, 0.15) is 55.3 Å². The molecule has 1 aromatic rings. The number of aliphatic hydroxyl groups is 1. The highest BCUT2D eigenvalue weighted by Gasteiger charge is 2.40. The van der Waals surface area contributed by atoms with E-state index >= 15 is 0 Å². The second-order valence-electron chi connectivity index (χ2n) is 7.53. The van der Waals surface area contributed by atoms with E-state index in [9.17, 15) is 19.5 Å². The lowest BCUT2D eigenvalue weighted by atomic mass is 9.88. The van der Waals surface area contributed by atoms with Crippen LogP contribution in [0.15, 0.2) is 24.3 Å². The van der Waals surface area contributed by atoms with Crippen molar-refractivity contribution in [1.29, 1.82) is 0 Å². The predicted molar refractivity (Wildman–Crippen MR) is 99.4 cm³/mol. The molecule has 0 atom stereocenters. The van der Waals surface area contributed by atoms with Gasteiger partial charge >= 0.3 is 5.97 Å². The molecule has 0 radical (unpaired) electrons. The van der Waals surface area contributed by atoms with Gasteiger partial charge in [-0.2, -0.15) is 0 Å². The standard InChI is InChI=1S/C20H26N2O5/c23-17(14-5-2-1-3-6-14)21-16-8-4-7-15(13-16)18(24)22-11-9-20(27,10-12-22)19(25)26/h4,7-8,13-14,27H,1-3,5-6,9-12H2,(H,21,23)(H,25,26). The number of hydrogen-bond acceptors (Lipinski definition) is 4. The van der Waals surface area contributed by atoms with E-state index in [0.29, 0.717) is 11.3 Å². The first-order valence-corrected chi connectivity index (χ1v) is 9.55. The molecule has 1 aliphatic carbocycles. The number of anilines is 1. The SMILES string of the molecule is O=C(Nc1cccc(C(=O)N2CCC(O)(C(=O)O)CC2)c1)C1CCCCC1. The van der Waals surface area contributed by atoms with Gasteiger partial charge in [0.2, 0.25) is 5.91 Å². The fourth-order valence-corrected chi connectivity index (χ4v) is 3.82. The van der Waals surface area contributed by atoms with Gasteiger partial charge in [-0.15, -0.1) is 0 Å². The Bertz CT molecular complexity index is 719. The molecule has 0 bridgehead atoms. The minimum atomic E-state index is -1.76. The Balaban J connectivity index is 1.62. The monoisotopic (exact) mass is 374 g/mol. The number of carboxylic acids is 1. The molecule has 2 amide bonds. The highest BCUT2D eigenvalue weighted by atomic mass is 16.4. The van der Waals surface area contributed by atoms with Crippen LogP contribution < -0.4 is 5.32 Å². The predicted octanol–water partition coefficient (Wildman–Crippen LogP) is 2.26. The Labute approximate surface area is 158 Å². The van der Waals surface area contributed by atoms with Crippen LogP contribution >= 0.6 is 0 Å². The molecule has 0 aromatic heterocycles. The molecule has 1 aromatic carbocycles. The zero-order valence-corrected chi connectivity index (χ0v) is 15.3. The van der Waals surface area contributed by atoms with E-state index in [1.807, 2.05) is 0 Å². The number of piperidine rings is 1. The Kier molecular flexibility index (Phi) is 5.79. The maximum atomic E-state index is 12.7. The van der Waals surface area contributed by atoms with E-state index in [-0.39, 0.29) is 43.7 Å². The van der Waals surface area contributed by atoms with Gasteiger partial charge in [-0.3, -0.25) is 9.59 Å². The zero-order valence-electron chi connectivity index (χ0n) is 15.3. The average Bonchev–Trinajstić information content (AvgIpc) is 2.69. The van der Waals surface area contributed by atoms with E-state index in [2.05, 4.69) is 5.32 Å². The van der Waals surface area contributed by atoms with Crippen molar-refractivity contribution in [2.75, 3.05) is 18.4 Å². The third-order valence-electron chi connectivity index (χ3n) is 5.63. The summed E-state index contributed by atoms with van der Waals surface area (Å²) in [6, 6.07) is 6.82. The number of carboxylic acid groups (broad SMARTS) is 1. The normalized spacial score (nSPS) is 20.1. The lowest BCUT2D eigenvalue weighted by molar-refractivity contribution is -0.162. The number of nitrogens with zero attached hydrogens (tertiary/aromatic N) is 1. The highest BCUT2D eigenvalue weighted by Crippen LogP contribution is 2.26. The quantitative estimate of drug-likeness (QED) is 0.749. The fraction of sp³-hybridized carbons (Fsp3) is 0.550. The van der Waals surface area contributed by atoms with Gasteiger partial charge in [0, 0.05) is 43.1 Å². The van der Waals surface area contributed by atoms with Gasteiger partial charge in [-0.05, 0) is 31.0 Å². The molecular weight excluding hydrogens is 348 g/mol. The number of carbonyl (C=O) groups is 3. The number of carbonyl (C=O) groups excluding carboxylic acids is 2. The molecule has 27 heavy (non-hydrogen) atoms. The number of benzene rings is 1. The first-order chi connectivity index (χ1) is 12.9. The van der Waals surface area contributed by atoms with Gasteiger partial charge in [-0.25, -0.2) is 4.79 Å². The maximum absolute atomic E-state index is 12.7. The molecule has 0 spiro atoms. The topological polar surface area (TPSA) is 107 Å². The van der Waals surface area contributed by atoms with Gasteiger partial charge in [0.05, 0.1) is 0 Å². The third kappa shape index (κ3) is 4.47. The molecule has 1 aliphatic heterocycles. The van der Waals surface area contributed by atoms with Crippen molar-refractivity contribution in [2.24, 2.45) is 5.92 Å². The van der Waals surface area contributed by atoms with Crippen LogP contribution in [-0.4, -0.2) is 51.6 Å². The van der Waals surface area contributed by atoms with Gasteiger partial charge < -0.3 is 20.4 Å². The molecule has 7 nitrogen and oxygen atoms in total. The van der Waals surface area contributed by atoms with Crippen molar-refractivity contribution in [3.05, 3.63) is 29.8 Å². The molecule has 3 N–H and O–H groups in total. The van der Waals surface area contributed by atoms with Crippen molar-refractivity contribution in [3.8, 4) is 0 Å². The summed E-state index contributed by atoms with van der Waals surface area (Å²) in [5, 5.41) is 22.0. The maximum Gasteiger partial charge on any atom is 0.335 e. The van der Waals surface area contributed by atoms with Gasteiger partial charge in [-0.1, -0.05) is 25.3 Å². The minimum absolute atomic E-state index is 0.00351. The van der Waals surface area contributed by atoms with Crippen molar-refractivity contribution < 1.29 is 24.6 Å². The van der Waals surface area contributed by atoms with Crippen molar-refractivity contribution in [3.63, 3.8) is 0 Å². The van der Waals surface area contributed by atoms with Crippen LogP contribution in [0.2, 0.25) is 0 Å². The van der Waals surface area contributed by atoms with E-state index in [1.165, 1.54) is 6.42 Å². The molecule has 7 heteroatoms. The summed E-state index contributed by atoms with van der Waals surface area (Å²) in [5.74, 6) is -1.43. The number of nitrogens with one attached hydrogen (secondary N) is 1. The first-order valence-electron chi connectivity index (χ1n) is 9.55. The molecule has 3 rings (SSSR count).